The monoisotopic (exact) mass is 212 g/mol. The molecule has 6 heteroatoms. The second-order valence-electron chi connectivity index (χ2n) is 2.94. The predicted molar refractivity (Wildman–Crippen MR) is 52.8 cm³/mol. The van der Waals surface area contributed by atoms with Crippen LogP contribution in [0.25, 0.3) is 0 Å². The number of aliphatic hydroxyl groups excluding tert-OH is 2. The number of aliphatic hydroxyl groups is 2. The average molecular weight is 212 g/mol. The molecule has 0 aliphatic heterocycles. The van der Waals surface area contributed by atoms with Crippen LogP contribution in [0.2, 0.25) is 0 Å². The third kappa shape index (κ3) is 3.19. The van der Waals surface area contributed by atoms with Crippen LogP contribution in [-0.2, 0) is 0 Å². The molecule has 0 spiro atoms. The van der Waals surface area contributed by atoms with Crippen LogP contribution >= 0.6 is 0 Å². The minimum Gasteiger partial charge on any atom is -0.478 e. The van der Waals surface area contributed by atoms with Gasteiger partial charge >= 0.3 is 5.97 Å². The summed E-state index contributed by atoms with van der Waals surface area (Å²) in [7, 11) is 0. The molecule has 0 atom stereocenters. The van der Waals surface area contributed by atoms with Crippen LogP contribution in [-0.4, -0.2) is 45.5 Å². The van der Waals surface area contributed by atoms with E-state index in [2.05, 4.69) is 10.3 Å². The van der Waals surface area contributed by atoms with Crippen molar-refractivity contribution in [2.24, 2.45) is 0 Å². The van der Waals surface area contributed by atoms with Crippen molar-refractivity contribution in [3.05, 3.63) is 23.9 Å². The summed E-state index contributed by atoms with van der Waals surface area (Å²) in [6.07, 6.45) is 1.20. The third-order valence-corrected chi connectivity index (χ3v) is 1.80. The fourth-order valence-corrected chi connectivity index (χ4v) is 0.964. The van der Waals surface area contributed by atoms with Crippen molar-refractivity contribution in [1.29, 1.82) is 0 Å². The summed E-state index contributed by atoms with van der Waals surface area (Å²) < 4.78 is 0. The van der Waals surface area contributed by atoms with Crippen molar-refractivity contribution in [3.8, 4) is 0 Å². The fourth-order valence-electron chi connectivity index (χ4n) is 0.964. The van der Waals surface area contributed by atoms with E-state index >= 15 is 0 Å². The van der Waals surface area contributed by atoms with Gasteiger partial charge in [0.1, 0.15) is 5.82 Å². The number of hydrogen-bond donors (Lipinski definition) is 4. The second kappa shape index (κ2) is 5.28. The molecule has 0 aromatic carbocycles. The SMILES string of the molecule is O=C(O)c1ccc(NC(CO)CO)nc1. The molecular weight excluding hydrogens is 200 g/mol. The number of nitrogens with zero attached hydrogens (tertiary/aromatic N) is 1. The van der Waals surface area contributed by atoms with Gasteiger partial charge in [0.25, 0.3) is 0 Å². The van der Waals surface area contributed by atoms with E-state index in [1.807, 2.05) is 0 Å². The summed E-state index contributed by atoms with van der Waals surface area (Å²) in [6, 6.07) is 2.37. The van der Waals surface area contributed by atoms with Crippen LogP contribution in [0.15, 0.2) is 18.3 Å². The Bertz CT molecular complexity index is 321. The highest BCUT2D eigenvalue weighted by Gasteiger charge is 2.07. The lowest BCUT2D eigenvalue weighted by molar-refractivity contribution is 0.0696. The van der Waals surface area contributed by atoms with E-state index in [9.17, 15) is 4.79 Å². The zero-order chi connectivity index (χ0) is 11.3. The third-order valence-electron chi connectivity index (χ3n) is 1.80. The molecule has 0 amide bonds. The van der Waals surface area contributed by atoms with Crippen LogP contribution in [0.1, 0.15) is 10.4 Å². The number of aromatic carboxylic acids is 1. The first kappa shape index (κ1) is 11.4. The molecule has 82 valence electrons. The summed E-state index contributed by atoms with van der Waals surface area (Å²) >= 11 is 0. The van der Waals surface area contributed by atoms with E-state index < -0.39 is 12.0 Å². The summed E-state index contributed by atoms with van der Waals surface area (Å²) in [5.74, 6) is -0.636. The Morgan fingerprint density at radius 2 is 2.07 bits per heavy atom. The number of aromatic nitrogens is 1. The molecule has 0 bridgehead atoms. The fraction of sp³-hybridized carbons (Fsp3) is 0.333. The Morgan fingerprint density at radius 3 is 2.47 bits per heavy atom. The van der Waals surface area contributed by atoms with Crippen molar-refractivity contribution >= 4 is 11.8 Å². The Labute approximate surface area is 86.2 Å². The van der Waals surface area contributed by atoms with Crippen LogP contribution in [0.4, 0.5) is 5.82 Å². The van der Waals surface area contributed by atoms with Gasteiger partial charge in [0.15, 0.2) is 0 Å². The minimum atomic E-state index is -1.05. The van der Waals surface area contributed by atoms with Crippen LogP contribution in [0.3, 0.4) is 0 Å². The molecule has 4 N–H and O–H groups in total. The molecule has 0 aliphatic carbocycles. The van der Waals surface area contributed by atoms with Gasteiger partial charge in [-0.3, -0.25) is 0 Å². The Balaban J connectivity index is 2.67. The van der Waals surface area contributed by atoms with Gasteiger partial charge in [-0.1, -0.05) is 0 Å². The summed E-state index contributed by atoms with van der Waals surface area (Å²) in [6.45, 7) is -0.447. The van der Waals surface area contributed by atoms with Crippen molar-refractivity contribution in [2.45, 2.75) is 6.04 Å². The van der Waals surface area contributed by atoms with Crippen molar-refractivity contribution < 1.29 is 20.1 Å². The van der Waals surface area contributed by atoms with Gasteiger partial charge in [0.2, 0.25) is 0 Å². The Hall–Kier alpha value is -1.66. The van der Waals surface area contributed by atoms with Crippen molar-refractivity contribution in [2.75, 3.05) is 18.5 Å². The number of anilines is 1. The molecule has 15 heavy (non-hydrogen) atoms. The maximum atomic E-state index is 10.5. The number of nitrogens with one attached hydrogen (secondary N) is 1. The summed E-state index contributed by atoms with van der Waals surface area (Å²) in [5.41, 5.74) is 0.0881. The van der Waals surface area contributed by atoms with Crippen molar-refractivity contribution in [3.63, 3.8) is 0 Å². The highest BCUT2D eigenvalue weighted by molar-refractivity contribution is 5.87. The molecule has 1 heterocycles. The zero-order valence-corrected chi connectivity index (χ0v) is 7.92. The lowest BCUT2D eigenvalue weighted by Gasteiger charge is -2.13. The van der Waals surface area contributed by atoms with E-state index in [1.165, 1.54) is 18.3 Å². The van der Waals surface area contributed by atoms with Gasteiger partial charge in [-0.15, -0.1) is 0 Å². The standard InChI is InChI=1S/C9H12N2O4/c12-4-7(5-13)11-8-2-1-6(3-10-8)9(14)15/h1-3,7,12-13H,4-5H2,(H,10,11)(H,14,15). The van der Waals surface area contributed by atoms with E-state index in [1.54, 1.807) is 0 Å². The van der Waals surface area contributed by atoms with E-state index in [0.717, 1.165) is 0 Å². The first-order valence-electron chi connectivity index (χ1n) is 4.35. The van der Waals surface area contributed by atoms with Gasteiger partial charge in [-0.05, 0) is 12.1 Å². The largest absolute Gasteiger partial charge is 0.478 e. The van der Waals surface area contributed by atoms with Gasteiger partial charge in [0.05, 0.1) is 24.8 Å². The molecule has 1 rings (SSSR count). The lowest BCUT2D eigenvalue weighted by Crippen LogP contribution is -2.28. The maximum absolute atomic E-state index is 10.5. The van der Waals surface area contributed by atoms with Crippen LogP contribution < -0.4 is 5.32 Å². The molecule has 0 saturated heterocycles. The summed E-state index contributed by atoms with van der Waals surface area (Å²) in [5, 5.41) is 28.9. The Kier molecular flexibility index (Phi) is 4.02. The molecule has 0 radical (unpaired) electrons. The number of hydrogen-bond acceptors (Lipinski definition) is 5. The van der Waals surface area contributed by atoms with Gasteiger partial charge in [-0.25, -0.2) is 9.78 Å². The van der Waals surface area contributed by atoms with Crippen molar-refractivity contribution in [1.82, 2.24) is 4.98 Å². The van der Waals surface area contributed by atoms with E-state index in [-0.39, 0.29) is 18.8 Å². The molecule has 6 nitrogen and oxygen atoms in total. The normalized spacial score (nSPS) is 10.3. The minimum absolute atomic E-state index is 0.0881. The maximum Gasteiger partial charge on any atom is 0.337 e. The predicted octanol–water partition coefficient (Wildman–Crippen LogP) is -0.455. The van der Waals surface area contributed by atoms with E-state index in [0.29, 0.717) is 5.82 Å². The van der Waals surface area contributed by atoms with Gasteiger partial charge < -0.3 is 20.6 Å². The number of carbonyl (C=O) groups is 1. The molecular formula is C9H12N2O4. The summed E-state index contributed by atoms with van der Waals surface area (Å²) in [4.78, 5) is 14.3. The first-order valence-corrected chi connectivity index (χ1v) is 4.35. The van der Waals surface area contributed by atoms with E-state index in [4.69, 9.17) is 15.3 Å². The Morgan fingerprint density at radius 1 is 1.40 bits per heavy atom. The molecule has 0 unspecified atom stereocenters. The van der Waals surface area contributed by atoms with Gasteiger partial charge in [0, 0.05) is 6.20 Å². The number of carboxylic acid groups (broad SMARTS) is 1. The number of rotatable bonds is 5. The molecule has 1 aromatic rings. The number of pyridine rings is 1. The van der Waals surface area contributed by atoms with Crippen LogP contribution in [0.5, 0.6) is 0 Å². The number of carboxylic acids is 1. The quantitative estimate of drug-likeness (QED) is 0.527. The molecule has 0 aliphatic rings. The second-order valence-corrected chi connectivity index (χ2v) is 2.94. The molecule has 1 aromatic heterocycles. The molecule has 0 saturated carbocycles. The molecule has 0 fully saturated rings. The highest BCUT2D eigenvalue weighted by atomic mass is 16.4. The zero-order valence-electron chi connectivity index (χ0n) is 7.92. The smallest absolute Gasteiger partial charge is 0.337 e. The topological polar surface area (TPSA) is 103 Å². The average Bonchev–Trinajstić information content (AvgIpc) is 2.26. The highest BCUT2D eigenvalue weighted by Crippen LogP contribution is 2.06. The van der Waals surface area contributed by atoms with Gasteiger partial charge in [-0.2, -0.15) is 0 Å². The first-order chi connectivity index (χ1) is 7.17. The lowest BCUT2D eigenvalue weighted by atomic mass is 10.3. The van der Waals surface area contributed by atoms with Crippen LogP contribution in [0, 0.1) is 0 Å².